The normalized spacial score (nSPS) is 12.5. The average molecular weight is 172 g/mol. The first-order chi connectivity index (χ1) is 5.49. The highest BCUT2D eigenvalue weighted by atomic mass is 16.5. The average Bonchev–Trinajstić information content (AvgIpc) is 1.84. The van der Waals surface area contributed by atoms with E-state index in [2.05, 4.69) is 34.6 Å². The van der Waals surface area contributed by atoms with Crippen LogP contribution in [0.3, 0.4) is 0 Å². The molecule has 0 aliphatic rings. The number of ether oxygens (including phenoxy) is 1. The molecule has 0 aliphatic carbocycles. The first kappa shape index (κ1) is 12.0. The van der Waals surface area contributed by atoms with Crippen LogP contribution in [0, 0.1) is 0 Å². The third-order valence-corrected chi connectivity index (χ3v) is 1.74. The highest BCUT2D eigenvalue weighted by Crippen LogP contribution is 2.17. The Balaban J connectivity index is 3.77. The van der Waals surface area contributed by atoms with Gasteiger partial charge in [-0.25, -0.2) is 0 Å². The SMILES string of the molecule is CCCC(CCC)OC(C)(C)C. The molecule has 0 radical (unpaired) electrons. The molecule has 1 nitrogen and oxygen atoms in total. The molecule has 0 unspecified atom stereocenters. The van der Waals surface area contributed by atoms with Crippen molar-refractivity contribution in [2.75, 3.05) is 0 Å². The fraction of sp³-hybridized carbons (Fsp3) is 1.00. The lowest BCUT2D eigenvalue weighted by Gasteiger charge is -2.27. The first-order valence-corrected chi connectivity index (χ1v) is 5.17. The summed E-state index contributed by atoms with van der Waals surface area (Å²) in [6.45, 7) is 10.8. The minimum Gasteiger partial charge on any atom is -0.373 e. The van der Waals surface area contributed by atoms with Gasteiger partial charge in [0.2, 0.25) is 0 Å². The standard InChI is InChI=1S/C11H24O/c1-6-8-10(9-7-2)12-11(3,4)5/h10H,6-9H2,1-5H3. The van der Waals surface area contributed by atoms with E-state index in [1.807, 2.05) is 0 Å². The summed E-state index contributed by atoms with van der Waals surface area (Å²) in [5, 5.41) is 0. The van der Waals surface area contributed by atoms with E-state index in [-0.39, 0.29) is 5.60 Å². The lowest BCUT2D eigenvalue weighted by atomic mass is 10.1. The number of hydrogen-bond donors (Lipinski definition) is 0. The topological polar surface area (TPSA) is 9.23 Å². The van der Waals surface area contributed by atoms with Crippen LogP contribution in [0.5, 0.6) is 0 Å². The van der Waals surface area contributed by atoms with Gasteiger partial charge in [0.05, 0.1) is 11.7 Å². The molecule has 0 amide bonds. The van der Waals surface area contributed by atoms with Crippen LogP contribution in [0.4, 0.5) is 0 Å². The lowest BCUT2D eigenvalue weighted by Crippen LogP contribution is -2.27. The zero-order chi connectivity index (χ0) is 9.61. The van der Waals surface area contributed by atoms with Crippen molar-refractivity contribution in [3.05, 3.63) is 0 Å². The molecule has 0 rings (SSSR count). The van der Waals surface area contributed by atoms with Crippen LogP contribution < -0.4 is 0 Å². The Morgan fingerprint density at radius 3 is 1.67 bits per heavy atom. The predicted molar refractivity (Wildman–Crippen MR) is 54.4 cm³/mol. The molecule has 0 saturated carbocycles. The molecular formula is C11H24O. The summed E-state index contributed by atoms with van der Waals surface area (Å²) in [6.07, 6.45) is 5.32. The Morgan fingerprint density at radius 1 is 1.00 bits per heavy atom. The van der Waals surface area contributed by atoms with Crippen LogP contribution in [0.2, 0.25) is 0 Å². The van der Waals surface area contributed by atoms with Crippen molar-refractivity contribution in [1.82, 2.24) is 0 Å². The van der Waals surface area contributed by atoms with Crippen LogP contribution >= 0.6 is 0 Å². The van der Waals surface area contributed by atoms with Gasteiger partial charge in [-0.15, -0.1) is 0 Å². The van der Waals surface area contributed by atoms with Gasteiger partial charge in [0.25, 0.3) is 0 Å². The molecule has 0 aromatic heterocycles. The quantitative estimate of drug-likeness (QED) is 0.613. The molecule has 0 N–H and O–H groups in total. The summed E-state index contributed by atoms with van der Waals surface area (Å²) in [4.78, 5) is 0. The van der Waals surface area contributed by atoms with Gasteiger partial charge in [0.1, 0.15) is 0 Å². The Bertz CT molecular complexity index is 96.1. The van der Waals surface area contributed by atoms with Gasteiger partial charge < -0.3 is 4.74 Å². The van der Waals surface area contributed by atoms with Gasteiger partial charge in [0, 0.05) is 0 Å². The van der Waals surface area contributed by atoms with Crippen molar-refractivity contribution >= 4 is 0 Å². The Hall–Kier alpha value is -0.0400. The Kier molecular flexibility index (Phi) is 5.56. The molecule has 0 heterocycles. The monoisotopic (exact) mass is 172 g/mol. The molecule has 0 aromatic rings. The molecule has 0 spiro atoms. The van der Waals surface area contributed by atoms with Crippen molar-refractivity contribution in [3.8, 4) is 0 Å². The number of rotatable bonds is 5. The second kappa shape index (κ2) is 5.58. The van der Waals surface area contributed by atoms with E-state index in [1.54, 1.807) is 0 Å². The fourth-order valence-electron chi connectivity index (χ4n) is 1.41. The third-order valence-electron chi connectivity index (χ3n) is 1.74. The van der Waals surface area contributed by atoms with E-state index >= 15 is 0 Å². The number of hydrogen-bond acceptors (Lipinski definition) is 1. The zero-order valence-corrected chi connectivity index (χ0v) is 9.31. The molecule has 0 aliphatic heterocycles. The van der Waals surface area contributed by atoms with E-state index in [1.165, 1.54) is 25.7 Å². The van der Waals surface area contributed by atoms with Gasteiger partial charge in [-0.3, -0.25) is 0 Å². The highest BCUT2D eigenvalue weighted by molar-refractivity contribution is 4.65. The van der Waals surface area contributed by atoms with E-state index in [4.69, 9.17) is 4.74 Å². The van der Waals surface area contributed by atoms with Crippen LogP contribution in [-0.2, 0) is 4.74 Å². The van der Waals surface area contributed by atoms with Crippen LogP contribution in [0.1, 0.15) is 60.3 Å². The maximum absolute atomic E-state index is 5.92. The maximum atomic E-state index is 5.92. The summed E-state index contributed by atoms with van der Waals surface area (Å²) in [5.41, 5.74) is 0.0228. The molecule has 0 fully saturated rings. The fourth-order valence-corrected chi connectivity index (χ4v) is 1.41. The van der Waals surface area contributed by atoms with E-state index < -0.39 is 0 Å². The predicted octanol–water partition coefficient (Wildman–Crippen LogP) is 3.77. The summed E-state index contributed by atoms with van der Waals surface area (Å²) >= 11 is 0. The Labute approximate surface area is 77.5 Å². The smallest absolute Gasteiger partial charge is 0.0602 e. The molecule has 1 heteroatoms. The summed E-state index contributed by atoms with van der Waals surface area (Å²) in [7, 11) is 0. The molecule has 0 bridgehead atoms. The molecule has 0 atom stereocenters. The second-order valence-electron chi connectivity index (χ2n) is 4.43. The highest BCUT2D eigenvalue weighted by Gasteiger charge is 2.16. The molecular weight excluding hydrogens is 148 g/mol. The van der Waals surface area contributed by atoms with Gasteiger partial charge in [-0.1, -0.05) is 26.7 Å². The summed E-state index contributed by atoms with van der Waals surface area (Å²) in [5.74, 6) is 0. The van der Waals surface area contributed by atoms with Gasteiger partial charge in [-0.2, -0.15) is 0 Å². The van der Waals surface area contributed by atoms with Crippen molar-refractivity contribution in [3.63, 3.8) is 0 Å². The van der Waals surface area contributed by atoms with Crippen molar-refractivity contribution in [2.45, 2.75) is 72.0 Å². The van der Waals surface area contributed by atoms with Crippen molar-refractivity contribution in [2.24, 2.45) is 0 Å². The minimum atomic E-state index is 0.0228. The second-order valence-corrected chi connectivity index (χ2v) is 4.43. The molecule has 0 aromatic carbocycles. The molecule has 0 saturated heterocycles. The van der Waals surface area contributed by atoms with Crippen LogP contribution in [0.25, 0.3) is 0 Å². The van der Waals surface area contributed by atoms with Crippen molar-refractivity contribution in [1.29, 1.82) is 0 Å². The van der Waals surface area contributed by atoms with Crippen LogP contribution in [-0.4, -0.2) is 11.7 Å². The van der Waals surface area contributed by atoms with E-state index in [0.717, 1.165) is 0 Å². The lowest BCUT2D eigenvalue weighted by molar-refractivity contribution is -0.0664. The summed E-state index contributed by atoms with van der Waals surface area (Å²) in [6, 6.07) is 0. The van der Waals surface area contributed by atoms with Gasteiger partial charge in [-0.05, 0) is 33.6 Å². The Morgan fingerprint density at radius 2 is 1.42 bits per heavy atom. The molecule has 12 heavy (non-hydrogen) atoms. The maximum Gasteiger partial charge on any atom is 0.0602 e. The van der Waals surface area contributed by atoms with Gasteiger partial charge in [0.15, 0.2) is 0 Å². The third kappa shape index (κ3) is 6.66. The van der Waals surface area contributed by atoms with E-state index in [9.17, 15) is 0 Å². The molecule has 74 valence electrons. The zero-order valence-electron chi connectivity index (χ0n) is 9.31. The van der Waals surface area contributed by atoms with Gasteiger partial charge >= 0.3 is 0 Å². The van der Waals surface area contributed by atoms with Crippen molar-refractivity contribution < 1.29 is 4.74 Å². The minimum absolute atomic E-state index is 0.0228. The van der Waals surface area contributed by atoms with E-state index in [0.29, 0.717) is 6.10 Å². The first-order valence-electron chi connectivity index (χ1n) is 5.17. The largest absolute Gasteiger partial charge is 0.373 e. The summed E-state index contributed by atoms with van der Waals surface area (Å²) < 4.78 is 5.92. The van der Waals surface area contributed by atoms with Crippen LogP contribution in [0.15, 0.2) is 0 Å².